The lowest BCUT2D eigenvalue weighted by atomic mass is 9.99. The zero-order chi connectivity index (χ0) is 14.5. The van der Waals surface area contributed by atoms with E-state index in [0.717, 1.165) is 31.5 Å². The van der Waals surface area contributed by atoms with Gasteiger partial charge in [-0.25, -0.2) is 0 Å². The molecule has 0 aromatic heterocycles. The Bertz CT molecular complexity index is 482. The molecule has 108 valence electrons. The van der Waals surface area contributed by atoms with Crippen LogP contribution in [0, 0.1) is 0 Å². The highest BCUT2D eigenvalue weighted by atomic mass is 16.2. The van der Waals surface area contributed by atoms with Gasteiger partial charge in [0.2, 0.25) is 5.91 Å². The van der Waals surface area contributed by atoms with Crippen LogP contribution in [0.2, 0.25) is 0 Å². The second-order valence-corrected chi connectivity index (χ2v) is 5.31. The van der Waals surface area contributed by atoms with Crippen molar-refractivity contribution < 1.29 is 9.59 Å². The molecular weight excluding hydrogens is 252 g/mol. The first-order chi connectivity index (χ1) is 9.61. The second-order valence-electron chi connectivity index (χ2n) is 5.31. The van der Waals surface area contributed by atoms with E-state index in [9.17, 15) is 9.59 Å². The third-order valence-corrected chi connectivity index (χ3v) is 3.81. The Labute approximate surface area is 120 Å². The molecule has 1 aromatic rings. The van der Waals surface area contributed by atoms with Crippen molar-refractivity contribution in [1.29, 1.82) is 0 Å². The molecule has 1 fully saturated rings. The molecule has 1 atom stereocenters. The van der Waals surface area contributed by atoms with Crippen LogP contribution in [0.4, 0.5) is 5.69 Å². The minimum atomic E-state index is -0.105. The van der Waals surface area contributed by atoms with Crippen LogP contribution in [0.5, 0.6) is 0 Å². The summed E-state index contributed by atoms with van der Waals surface area (Å²) < 4.78 is 0. The number of benzene rings is 1. The van der Waals surface area contributed by atoms with Gasteiger partial charge >= 0.3 is 0 Å². The molecule has 20 heavy (non-hydrogen) atoms. The van der Waals surface area contributed by atoms with Crippen molar-refractivity contribution in [3.8, 4) is 0 Å². The number of carbonyl (C=O) groups is 2. The molecule has 1 aliphatic rings. The zero-order valence-electron chi connectivity index (χ0n) is 12.2. The van der Waals surface area contributed by atoms with Crippen molar-refractivity contribution in [2.45, 2.75) is 45.6 Å². The van der Waals surface area contributed by atoms with E-state index in [4.69, 9.17) is 0 Å². The minimum absolute atomic E-state index is 0.103. The SMILES string of the molecule is CCC1CCCCN1C(=O)c1ccc(NC(C)=O)cc1. The third kappa shape index (κ3) is 3.38. The molecule has 1 heterocycles. The van der Waals surface area contributed by atoms with E-state index in [1.165, 1.54) is 13.3 Å². The number of amides is 2. The van der Waals surface area contributed by atoms with Gasteiger partial charge in [0.1, 0.15) is 0 Å². The van der Waals surface area contributed by atoms with E-state index < -0.39 is 0 Å². The summed E-state index contributed by atoms with van der Waals surface area (Å²) in [6.07, 6.45) is 4.41. The van der Waals surface area contributed by atoms with E-state index in [1.807, 2.05) is 4.90 Å². The van der Waals surface area contributed by atoms with Crippen LogP contribution in [0.15, 0.2) is 24.3 Å². The molecule has 0 spiro atoms. The van der Waals surface area contributed by atoms with Gasteiger partial charge in [-0.1, -0.05) is 6.92 Å². The minimum Gasteiger partial charge on any atom is -0.336 e. The first kappa shape index (κ1) is 14.6. The number of rotatable bonds is 3. The Morgan fingerprint density at radius 3 is 2.55 bits per heavy atom. The average Bonchev–Trinajstić information content (AvgIpc) is 2.46. The van der Waals surface area contributed by atoms with Crippen LogP contribution >= 0.6 is 0 Å². The fraction of sp³-hybridized carbons (Fsp3) is 0.500. The van der Waals surface area contributed by atoms with Gasteiger partial charge in [0, 0.05) is 30.8 Å². The number of carbonyl (C=O) groups excluding carboxylic acids is 2. The lowest BCUT2D eigenvalue weighted by Gasteiger charge is -2.35. The van der Waals surface area contributed by atoms with Gasteiger partial charge in [0.25, 0.3) is 5.91 Å². The van der Waals surface area contributed by atoms with Crippen LogP contribution < -0.4 is 5.32 Å². The number of hydrogen-bond donors (Lipinski definition) is 1. The maximum Gasteiger partial charge on any atom is 0.254 e. The van der Waals surface area contributed by atoms with Crippen LogP contribution in [0.25, 0.3) is 0 Å². The maximum atomic E-state index is 12.5. The topological polar surface area (TPSA) is 49.4 Å². The first-order valence-electron chi connectivity index (χ1n) is 7.30. The van der Waals surface area contributed by atoms with Crippen LogP contribution in [0.1, 0.15) is 49.9 Å². The molecule has 1 unspecified atom stereocenters. The molecule has 1 aliphatic heterocycles. The number of nitrogens with one attached hydrogen (secondary N) is 1. The molecular formula is C16H22N2O2. The Hall–Kier alpha value is -1.84. The molecule has 4 heteroatoms. The lowest BCUT2D eigenvalue weighted by Crippen LogP contribution is -2.43. The molecule has 0 radical (unpaired) electrons. The van der Waals surface area contributed by atoms with Crippen LogP contribution in [-0.2, 0) is 4.79 Å². The molecule has 0 saturated carbocycles. The average molecular weight is 274 g/mol. The van der Waals surface area contributed by atoms with Crippen molar-refractivity contribution in [2.24, 2.45) is 0 Å². The molecule has 1 N–H and O–H groups in total. The molecule has 1 saturated heterocycles. The Balaban J connectivity index is 2.09. The quantitative estimate of drug-likeness (QED) is 0.921. The summed E-state index contributed by atoms with van der Waals surface area (Å²) in [5.41, 5.74) is 1.42. The summed E-state index contributed by atoms with van der Waals surface area (Å²) in [4.78, 5) is 25.5. The summed E-state index contributed by atoms with van der Waals surface area (Å²) in [6.45, 7) is 4.46. The van der Waals surface area contributed by atoms with E-state index in [2.05, 4.69) is 12.2 Å². The van der Waals surface area contributed by atoms with Crippen molar-refractivity contribution in [3.05, 3.63) is 29.8 Å². The highest BCUT2D eigenvalue weighted by molar-refractivity contribution is 5.95. The van der Waals surface area contributed by atoms with E-state index >= 15 is 0 Å². The van der Waals surface area contributed by atoms with Gasteiger partial charge < -0.3 is 10.2 Å². The number of nitrogens with zero attached hydrogens (tertiary/aromatic N) is 1. The van der Waals surface area contributed by atoms with Gasteiger partial charge in [-0.3, -0.25) is 9.59 Å². The fourth-order valence-corrected chi connectivity index (χ4v) is 2.76. The third-order valence-electron chi connectivity index (χ3n) is 3.81. The predicted octanol–water partition coefficient (Wildman–Crippen LogP) is 3.05. The molecule has 0 aliphatic carbocycles. The Kier molecular flexibility index (Phi) is 4.77. The monoisotopic (exact) mass is 274 g/mol. The van der Waals surface area contributed by atoms with Crippen LogP contribution in [-0.4, -0.2) is 29.3 Å². The molecule has 4 nitrogen and oxygen atoms in total. The summed E-state index contributed by atoms with van der Waals surface area (Å²) in [6, 6.07) is 7.49. The number of likely N-dealkylation sites (tertiary alicyclic amines) is 1. The molecule has 1 aromatic carbocycles. The largest absolute Gasteiger partial charge is 0.336 e. The van der Waals surface area contributed by atoms with Gasteiger partial charge in [-0.05, 0) is 49.9 Å². The van der Waals surface area contributed by atoms with Crippen LogP contribution in [0.3, 0.4) is 0 Å². The van der Waals surface area contributed by atoms with Crippen molar-refractivity contribution in [1.82, 2.24) is 4.90 Å². The van der Waals surface area contributed by atoms with Gasteiger partial charge in [0.15, 0.2) is 0 Å². The maximum absolute atomic E-state index is 12.5. The van der Waals surface area contributed by atoms with E-state index in [-0.39, 0.29) is 11.8 Å². The van der Waals surface area contributed by atoms with Crippen molar-refractivity contribution >= 4 is 17.5 Å². The molecule has 2 amide bonds. The normalized spacial score (nSPS) is 18.7. The highest BCUT2D eigenvalue weighted by Gasteiger charge is 2.25. The summed E-state index contributed by atoms with van der Waals surface area (Å²) in [5, 5.41) is 2.71. The Morgan fingerprint density at radius 1 is 1.25 bits per heavy atom. The second kappa shape index (κ2) is 6.55. The van der Waals surface area contributed by atoms with E-state index in [0.29, 0.717) is 11.6 Å². The standard InChI is InChI=1S/C16H22N2O2/c1-3-15-6-4-5-11-18(15)16(20)13-7-9-14(10-8-13)17-12(2)19/h7-10,15H,3-6,11H2,1-2H3,(H,17,19). The number of anilines is 1. The van der Waals surface area contributed by atoms with Gasteiger partial charge in [0.05, 0.1) is 0 Å². The highest BCUT2D eigenvalue weighted by Crippen LogP contribution is 2.22. The van der Waals surface area contributed by atoms with Crippen molar-refractivity contribution in [2.75, 3.05) is 11.9 Å². The van der Waals surface area contributed by atoms with E-state index in [1.54, 1.807) is 24.3 Å². The number of hydrogen-bond acceptors (Lipinski definition) is 2. The van der Waals surface area contributed by atoms with Gasteiger partial charge in [-0.2, -0.15) is 0 Å². The summed E-state index contributed by atoms with van der Waals surface area (Å²) in [7, 11) is 0. The molecule has 2 rings (SSSR count). The zero-order valence-corrected chi connectivity index (χ0v) is 12.2. The first-order valence-corrected chi connectivity index (χ1v) is 7.30. The molecule has 0 bridgehead atoms. The van der Waals surface area contributed by atoms with Crippen molar-refractivity contribution in [3.63, 3.8) is 0 Å². The van der Waals surface area contributed by atoms with Gasteiger partial charge in [-0.15, -0.1) is 0 Å². The predicted molar refractivity (Wildman–Crippen MR) is 79.7 cm³/mol. The summed E-state index contributed by atoms with van der Waals surface area (Å²) in [5.74, 6) is -0.00270. The lowest BCUT2D eigenvalue weighted by molar-refractivity contribution is -0.114. The summed E-state index contributed by atoms with van der Waals surface area (Å²) >= 11 is 0. The fourth-order valence-electron chi connectivity index (χ4n) is 2.76. The Morgan fingerprint density at radius 2 is 1.95 bits per heavy atom. The number of piperidine rings is 1. The smallest absolute Gasteiger partial charge is 0.254 e.